The Hall–Kier alpha value is -2.20. The molecule has 1 heterocycles. The van der Waals surface area contributed by atoms with Crippen molar-refractivity contribution in [1.82, 2.24) is 15.6 Å². The number of benzene rings is 1. The van der Waals surface area contributed by atoms with Crippen LogP contribution in [0.1, 0.15) is 16.7 Å². The summed E-state index contributed by atoms with van der Waals surface area (Å²) in [6.07, 6.45) is 3.59. The topological polar surface area (TPSA) is 54.0 Å². The third kappa shape index (κ3) is 4.48. The maximum absolute atomic E-state index is 11.7. The molecular formula is C16H19N3O. The van der Waals surface area contributed by atoms with Gasteiger partial charge in [0, 0.05) is 25.5 Å². The summed E-state index contributed by atoms with van der Waals surface area (Å²) in [6, 6.07) is 11.8. The summed E-state index contributed by atoms with van der Waals surface area (Å²) >= 11 is 0. The van der Waals surface area contributed by atoms with Crippen molar-refractivity contribution in [2.75, 3.05) is 6.54 Å². The van der Waals surface area contributed by atoms with Gasteiger partial charge in [-0.1, -0.05) is 30.3 Å². The Morgan fingerprint density at radius 3 is 2.70 bits per heavy atom. The lowest BCUT2D eigenvalue weighted by atomic mass is 10.1. The van der Waals surface area contributed by atoms with Gasteiger partial charge in [0.25, 0.3) is 0 Å². The molecule has 0 unspecified atom stereocenters. The zero-order valence-corrected chi connectivity index (χ0v) is 11.6. The Morgan fingerprint density at radius 1 is 1.15 bits per heavy atom. The Labute approximate surface area is 119 Å². The number of hydrogen-bond acceptors (Lipinski definition) is 3. The first kappa shape index (κ1) is 14.2. The maximum Gasteiger partial charge on any atom is 0.234 e. The van der Waals surface area contributed by atoms with Gasteiger partial charge in [-0.2, -0.15) is 0 Å². The number of aromatic nitrogens is 1. The van der Waals surface area contributed by atoms with Crippen LogP contribution in [0.2, 0.25) is 0 Å². The fourth-order valence-corrected chi connectivity index (χ4v) is 1.85. The molecule has 0 saturated carbocycles. The van der Waals surface area contributed by atoms with E-state index in [4.69, 9.17) is 0 Å². The predicted octanol–water partition coefficient (Wildman–Crippen LogP) is 1.80. The van der Waals surface area contributed by atoms with E-state index in [-0.39, 0.29) is 5.91 Å². The number of nitrogens with one attached hydrogen (secondary N) is 2. The molecule has 0 aliphatic carbocycles. The summed E-state index contributed by atoms with van der Waals surface area (Å²) in [4.78, 5) is 15.8. The minimum atomic E-state index is -0.00426. The molecule has 20 heavy (non-hydrogen) atoms. The summed E-state index contributed by atoms with van der Waals surface area (Å²) in [7, 11) is 0. The van der Waals surface area contributed by atoms with Crippen LogP contribution in [0.25, 0.3) is 0 Å². The lowest BCUT2D eigenvalue weighted by Gasteiger charge is -2.08. The molecule has 1 aromatic heterocycles. The highest BCUT2D eigenvalue weighted by Gasteiger charge is 2.02. The largest absolute Gasteiger partial charge is 0.351 e. The van der Waals surface area contributed by atoms with Crippen molar-refractivity contribution in [3.05, 3.63) is 65.5 Å². The van der Waals surface area contributed by atoms with E-state index in [0.717, 1.165) is 11.1 Å². The van der Waals surface area contributed by atoms with Gasteiger partial charge in [0.1, 0.15) is 0 Å². The van der Waals surface area contributed by atoms with Crippen LogP contribution in [-0.2, 0) is 17.9 Å². The number of amides is 1. The van der Waals surface area contributed by atoms with Crippen LogP contribution in [0.5, 0.6) is 0 Å². The first-order valence-electron chi connectivity index (χ1n) is 6.66. The summed E-state index contributed by atoms with van der Waals surface area (Å²) in [5, 5.41) is 6.01. The van der Waals surface area contributed by atoms with E-state index in [1.54, 1.807) is 6.20 Å². The Balaban J connectivity index is 1.69. The molecule has 0 saturated heterocycles. The first-order chi connectivity index (χ1) is 9.75. The highest BCUT2D eigenvalue weighted by Crippen LogP contribution is 2.03. The van der Waals surface area contributed by atoms with Crippen LogP contribution in [0.4, 0.5) is 0 Å². The number of aryl methyl sites for hydroxylation is 1. The summed E-state index contributed by atoms with van der Waals surface area (Å²) in [6.45, 7) is 3.56. The third-order valence-corrected chi connectivity index (χ3v) is 3.08. The molecule has 1 aromatic carbocycles. The molecule has 2 aromatic rings. The number of pyridine rings is 1. The SMILES string of the molecule is Cc1ccncc1CNCC(=O)NCc1ccccc1. The lowest BCUT2D eigenvalue weighted by molar-refractivity contribution is -0.120. The summed E-state index contributed by atoms with van der Waals surface area (Å²) in [5.41, 5.74) is 3.39. The van der Waals surface area contributed by atoms with Crippen LogP contribution in [0.3, 0.4) is 0 Å². The molecule has 0 aliphatic heterocycles. The highest BCUT2D eigenvalue weighted by atomic mass is 16.1. The van der Waals surface area contributed by atoms with Crippen molar-refractivity contribution in [2.24, 2.45) is 0 Å². The maximum atomic E-state index is 11.7. The van der Waals surface area contributed by atoms with Crippen LogP contribution >= 0.6 is 0 Å². The van der Waals surface area contributed by atoms with Crippen molar-refractivity contribution in [1.29, 1.82) is 0 Å². The smallest absolute Gasteiger partial charge is 0.234 e. The van der Waals surface area contributed by atoms with Crippen molar-refractivity contribution < 1.29 is 4.79 Å². The van der Waals surface area contributed by atoms with Crippen LogP contribution in [0.15, 0.2) is 48.8 Å². The normalized spacial score (nSPS) is 10.2. The fourth-order valence-electron chi connectivity index (χ4n) is 1.85. The van der Waals surface area contributed by atoms with E-state index >= 15 is 0 Å². The van der Waals surface area contributed by atoms with E-state index in [1.165, 1.54) is 5.56 Å². The molecule has 0 atom stereocenters. The summed E-state index contributed by atoms with van der Waals surface area (Å²) < 4.78 is 0. The Morgan fingerprint density at radius 2 is 1.95 bits per heavy atom. The summed E-state index contributed by atoms with van der Waals surface area (Å²) in [5.74, 6) is -0.00426. The van der Waals surface area contributed by atoms with Crippen molar-refractivity contribution in [3.8, 4) is 0 Å². The van der Waals surface area contributed by atoms with E-state index in [9.17, 15) is 4.79 Å². The molecule has 0 radical (unpaired) electrons. The van der Waals surface area contributed by atoms with Crippen molar-refractivity contribution in [3.63, 3.8) is 0 Å². The van der Waals surface area contributed by atoms with Gasteiger partial charge in [-0.15, -0.1) is 0 Å². The molecular weight excluding hydrogens is 250 g/mol. The van der Waals surface area contributed by atoms with Crippen LogP contribution < -0.4 is 10.6 Å². The molecule has 104 valence electrons. The molecule has 0 aliphatic rings. The minimum Gasteiger partial charge on any atom is -0.351 e. The standard InChI is InChI=1S/C16H19N3O/c1-13-7-8-17-10-15(13)11-18-12-16(20)19-9-14-5-3-2-4-6-14/h2-8,10,18H,9,11-12H2,1H3,(H,19,20). The van der Waals surface area contributed by atoms with Gasteiger partial charge in [-0.05, 0) is 29.7 Å². The molecule has 1 amide bonds. The van der Waals surface area contributed by atoms with Gasteiger partial charge >= 0.3 is 0 Å². The second kappa shape index (κ2) is 7.40. The molecule has 2 N–H and O–H groups in total. The van der Waals surface area contributed by atoms with Crippen molar-refractivity contribution >= 4 is 5.91 Å². The quantitative estimate of drug-likeness (QED) is 0.840. The minimum absolute atomic E-state index is 0.00426. The van der Waals surface area contributed by atoms with Gasteiger partial charge < -0.3 is 10.6 Å². The molecule has 0 bridgehead atoms. The zero-order valence-electron chi connectivity index (χ0n) is 11.6. The van der Waals surface area contributed by atoms with E-state index < -0.39 is 0 Å². The molecule has 0 fully saturated rings. The van der Waals surface area contributed by atoms with E-state index in [1.807, 2.05) is 49.5 Å². The monoisotopic (exact) mass is 269 g/mol. The number of carbonyl (C=O) groups is 1. The number of hydrogen-bond donors (Lipinski definition) is 2. The molecule has 0 spiro atoms. The van der Waals surface area contributed by atoms with E-state index in [0.29, 0.717) is 19.6 Å². The molecule has 4 heteroatoms. The number of rotatable bonds is 6. The first-order valence-corrected chi connectivity index (χ1v) is 6.66. The van der Waals surface area contributed by atoms with Gasteiger partial charge in [-0.25, -0.2) is 0 Å². The van der Waals surface area contributed by atoms with E-state index in [2.05, 4.69) is 15.6 Å². The zero-order chi connectivity index (χ0) is 14.2. The Bertz CT molecular complexity index is 555. The average molecular weight is 269 g/mol. The van der Waals surface area contributed by atoms with Gasteiger partial charge in [0.2, 0.25) is 5.91 Å². The second-order valence-corrected chi connectivity index (χ2v) is 4.67. The highest BCUT2D eigenvalue weighted by molar-refractivity contribution is 5.77. The number of nitrogens with zero attached hydrogens (tertiary/aromatic N) is 1. The van der Waals surface area contributed by atoms with Crippen LogP contribution in [0, 0.1) is 6.92 Å². The second-order valence-electron chi connectivity index (χ2n) is 4.67. The lowest BCUT2D eigenvalue weighted by Crippen LogP contribution is -2.33. The van der Waals surface area contributed by atoms with Gasteiger partial charge in [0.15, 0.2) is 0 Å². The number of carbonyl (C=O) groups excluding carboxylic acids is 1. The molecule has 4 nitrogen and oxygen atoms in total. The predicted molar refractivity (Wildman–Crippen MR) is 79.0 cm³/mol. The van der Waals surface area contributed by atoms with Crippen LogP contribution in [-0.4, -0.2) is 17.4 Å². The Kier molecular flexibility index (Phi) is 5.26. The van der Waals surface area contributed by atoms with Gasteiger partial charge in [-0.3, -0.25) is 9.78 Å². The van der Waals surface area contributed by atoms with Crippen molar-refractivity contribution in [2.45, 2.75) is 20.0 Å². The van der Waals surface area contributed by atoms with Gasteiger partial charge in [0.05, 0.1) is 6.54 Å². The third-order valence-electron chi connectivity index (χ3n) is 3.08. The molecule has 2 rings (SSSR count). The average Bonchev–Trinajstić information content (AvgIpc) is 2.48. The fraction of sp³-hybridized carbons (Fsp3) is 0.250.